The molecule has 2 aromatic carbocycles. The molecule has 0 unspecified atom stereocenters. The predicted octanol–water partition coefficient (Wildman–Crippen LogP) is 4.53. The number of halogens is 1. The first kappa shape index (κ1) is 18.2. The Morgan fingerprint density at radius 3 is 2.58 bits per heavy atom. The van der Waals surface area contributed by atoms with Crippen LogP contribution in [0.2, 0.25) is 0 Å². The van der Waals surface area contributed by atoms with Gasteiger partial charge in [0.05, 0.1) is 28.6 Å². The summed E-state index contributed by atoms with van der Waals surface area (Å²) in [6.07, 6.45) is 2.69. The maximum atomic E-state index is 12.8. The Labute approximate surface area is 160 Å². The fourth-order valence-electron chi connectivity index (χ4n) is 2.73. The number of ether oxygens (including phenoxy) is 1. The molecule has 5 nitrogen and oxygen atoms in total. The summed E-state index contributed by atoms with van der Waals surface area (Å²) < 4.78 is 5.66. The van der Waals surface area contributed by atoms with Gasteiger partial charge in [0, 0.05) is 0 Å². The number of rotatable bonds is 4. The van der Waals surface area contributed by atoms with Gasteiger partial charge in [0.2, 0.25) is 0 Å². The summed E-state index contributed by atoms with van der Waals surface area (Å²) in [5, 5.41) is 15.7. The molecule has 1 heterocycles. The van der Waals surface area contributed by atoms with Crippen LogP contribution in [0, 0.1) is 0 Å². The lowest BCUT2D eigenvalue weighted by molar-refractivity contribution is -0.114. The Hall–Kier alpha value is -2.60. The number of hydrazone groups is 1. The van der Waals surface area contributed by atoms with Gasteiger partial charge in [-0.3, -0.25) is 4.79 Å². The fraction of sp³-hybridized carbons (Fsp3) is 0.200. The molecule has 0 aliphatic carbocycles. The highest BCUT2D eigenvalue weighted by atomic mass is 79.9. The number of methoxy groups -OCH3 is 1. The number of hydrogen-bond donors (Lipinski definition) is 1. The minimum atomic E-state index is -0.185. The van der Waals surface area contributed by atoms with Crippen molar-refractivity contribution in [3.05, 3.63) is 57.6 Å². The number of amides is 1. The van der Waals surface area contributed by atoms with E-state index in [1.165, 1.54) is 17.7 Å². The van der Waals surface area contributed by atoms with Crippen LogP contribution in [-0.4, -0.2) is 23.8 Å². The number of anilines is 1. The Morgan fingerprint density at radius 2 is 1.96 bits per heavy atom. The highest BCUT2D eigenvalue weighted by molar-refractivity contribution is 9.10. The molecule has 0 spiro atoms. The van der Waals surface area contributed by atoms with E-state index in [-0.39, 0.29) is 11.7 Å². The standard InChI is InChI=1S/C20H19BrN2O3/c1-4-13-5-7-15(8-6-13)23-20(25)16(12(2)22-23)9-14-10-17(21)19(24)18(11-14)26-3/h5-11,24H,4H2,1-3H3. The second-order valence-corrected chi connectivity index (χ2v) is 6.79. The van der Waals surface area contributed by atoms with Crippen molar-refractivity contribution >= 4 is 39.3 Å². The molecule has 2 aromatic rings. The molecule has 1 amide bonds. The summed E-state index contributed by atoms with van der Waals surface area (Å²) in [5.41, 5.74) is 3.81. The molecule has 134 valence electrons. The lowest BCUT2D eigenvalue weighted by Crippen LogP contribution is -2.21. The molecule has 0 aromatic heterocycles. The quantitative estimate of drug-likeness (QED) is 0.747. The number of benzene rings is 2. The largest absolute Gasteiger partial charge is 0.503 e. The molecule has 1 aliphatic rings. The zero-order valence-electron chi connectivity index (χ0n) is 14.8. The normalized spacial score (nSPS) is 15.5. The maximum Gasteiger partial charge on any atom is 0.280 e. The van der Waals surface area contributed by atoms with E-state index in [1.54, 1.807) is 25.1 Å². The molecule has 0 fully saturated rings. The van der Waals surface area contributed by atoms with Crippen molar-refractivity contribution in [3.63, 3.8) is 0 Å². The molecule has 6 heteroatoms. The maximum absolute atomic E-state index is 12.8. The Kier molecular flexibility index (Phi) is 5.13. The van der Waals surface area contributed by atoms with Gasteiger partial charge in [0.1, 0.15) is 0 Å². The van der Waals surface area contributed by atoms with Crippen LogP contribution in [0.3, 0.4) is 0 Å². The number of phenols is 1. The van der Waals surface area contributed by atoms with E-state index in [0.29, 0.717) is 21.5 Å². The van der Waals surface area contributed by atoms with Gasteiger partial charge in [-0.1, -0.05) is 19.1 Å². The molecule has 1 N–H and O–H groups in total. The summed E-state index contributed by atoms with van der Waals surface area (Å²) in [7, 11) is 1.48. The number of carbonyl (C=O) groups is 1. The first-order valence-corrected chi connectivity index (χ1v) is 9.01. The summed E-state index contributed by atoms with van der Waals surface area (Å²) in [6, 6.07) is 11.2. The van der Waals surface area contributed by atoms with Gasteiger partial charge in [-0.15, -0.1) is 0 Å². The van der Waals surface area contributed by atoms with Crippen molar-refractivity contribution in [2.75, 3.05) is 12.1 Å². The van der Waals surface area contributed by atoms with Crippen molar-refractivity contribution in [1.82, 2.24) is 0 Å². The zero-order valence-corrected chi connectivity index (χ0v) is 16.4. The smallest absolute Gasteiger partial charge is 0.280 e. The van der Waals surface area contributed by atoms with Gasteiger partial charge in [-0.05, 0) is 70.7 Å². The van der Waals surface area contributed by atoms with E-state index in [2.05, 4.69) is 28.0 Å². The first-order valence-electron chi connectivity index (χ1n) is 8.21. The van der Waals surface area contributed by atoms with Gasteiger partial charge in [0.15, 0.2) is 11.5 Å². The molecule has 1 aliphatic heterocycles. The van der Waals surface area contributed by atoms with Gasteiger partial charge >= 0.3 is 0 Å². The van der Waals surface area contributed by atoms with Gasteiger partial charge < -0.3 is 9.84 Å². The molecule has 0 radical (unpaired) electrons. The van der Waals surface area contributed by atoms with Crippen LogP contribution in [0.1, 0.15) is 25.0 Å². The highest BCUT2D eigenvalue weighted by Crippen LogP contribution is 2.36. The molecule has 0 bridgehead atoms. The number of hydrogen-bond acceptors (Lipinski definition) is 4. The summed E-state index contributed by atoms with van der Waals surface area (Å²) in [5.74, 6) is 0.170. The van der Waals surface area contributed by atoms with E-state index in [9.17, 15) is 9.90 Å². The third-order valence-electron chi connectivity index (χ3n) is 4.23. The van der Waals surface area contributed by atoms with Crippen LogP contribution < -0.4 is 9.75 Å². The minimum absolute atomic E-state index is 0.0235. The lowest BCUT2D eigenvalue weighted by atomic mass is 10.1. The lowest BCUT2D eigenvalue weighted by Gasteiger charge is -2.12. The van der Waals surface area contributed by atoms with Crippen LogP contribution in [-0.2, 0) is 11.2 Å². The van der Waals surface area contributed by atoms with Crippen molar-refractivity contribution in [1.29, 1.82) is 0 Å². The molecule has 0 saturated heterocycles. The summed E-state index contributed by atoms with van der Waals surface area (Å²) in [4.78, 5) is 12.8. The molecular formula is C20H19BrN2O3. The third kappa shape index (κ3) is 3.37. The summed E-state index contributed by atoms with van der Waals surface area (Å²) >= 11 is 3.29. The molecular weight excluding hydrogens is 396 g/mol. The SMILES string of the molecule is CCc1ccc(N2N=C(C)C(=Cc3cc(Br)c(O)c(OC)c3)C2=O)cc1. The van der Waals surface area contributed by atoms with Crippen LogP contribution in [0.25, 0.3) is 6.08 Å². The van der Waals surface area contributed by atoms with Crippen molar-refractivity contribution < 1.29 is 14.6 Å². The Morgan fingerprint density at radius 1 is 1.27 bits per heavy atom. The van der Waals surface area contributed by atoms with Gasteiger partial charge in [-0.2, -0.15) is 10.1 Å². The highest BCUT2D eigenvalue weighted by Gasteiger charge is 2.28. The Balaban J connectivity index is 1.95. The second-order valence-electron chi connectivity index (χ2n) is 5.93. The molecule has 0 saturated carbocycles. The van der Waals surface area contributed by atoms with Crippen LogP contribution >= 0.6 is 15.9 Å². The fourth-order valence-corrected chi connectivity index (χ4v) is 3.19. The number of nitrogens with zero attached hydrogens (tertiary/aromatic N) is 2. The third-order valence-corrected chi connectivity index (χ3v) is 4.84. The first-order chi connectivity index (χ1) is 12.4. The van der Waals surface area contributed by atoms with Crippen LogP contribution in [0.15, 0.2) is 51.5 Å². The van der Waals surface area contributed by atoms with Crippen LogP contribution in [0.5, 0.6) is 11.5 Å². The monoisotopic (exact) mass is 414 g/mol. The zero-order chi connectivity index (χ0) is 18.8. The number of aryl methyl sites for hydroxylation is 1. The van der Waals surface area contributed by atoms with E-state index >= 15 is 0 Å². The van der Waals surface area contributed by atoms with Crippen LogP contribution in [0.4, 0.5) is 5.69 Å². The number of carbonyl (C=O) groups excluding carboxylic acids is 1. The predicted molar refractivity (Wildman–Crippen MR) is 107 cm³/mol. The molecule has 3 rings (SSSR count). The average molecular weight is 415 g/mol. The minimum Gasteiger partial charge on any atom is -0.503 e. The molecule has 26 heavy (non-hydrogen) atoms. The topological polar surface area (TPSA) is 62.1 Å². The van der Waals surface area contributed by atoms with E-state index in [0.717, 1.165) is 17.7 Å². The van der Waals surface area contributed by atoms with Gasteiger partial charge in [0.25, 0.3) is 5.91 Å². The van der Waals surface area contributed by atoms with Gasteiger partial charge in [-0.25, -0.2) is 0 Å². The second kappa shape index (κ2) is 7.33. The number of phenolic OH excluding ortho intramolecular Hbond substituents is 1. The average Bonchev–Trinajstić information content (AvgIpc) is 2.92. The molecule has 0 atom stereocenters. The van der Waals surface area contributed by atoms with E-state index < -0.39 is 0 Å². The van der Waals surface area contributed by atoms with Crippen molar-refractivity contribution in [2.24, 2.45) is 5.10 Å². The van der Waals surface area contributed by atoms with Crippen molar-refractivity contribution in [2.45, 2.75) is 20.3 Å². The van der Waals surface area contributed by atoms with Crippen molar-refractivity contribution in [3.8, 4) is 11.5 Å². The number of aromatic hydroxyl groups is 1. The van der Waals surface area contributed by atoms with E-state index in [4.69, 9.17) is 4.74 Å². The van der Waals surface area contributed by atoms with E-state index in [1.807, 2.05) is 24.3 Å². The Bertz CT molecular complexity index is 917. The summed E-state index contributed by atoms with van der Waals surface area (Å²) in [6.45, 7) is 3.89.